The molecule has 0 aromatic carbocycles. The monoisotopic (exact) mass is 311 g/mol. The van der Waals surface area contributed by atoms with Gasteiger partial charge in [0.1, 0.15) is 11.4 Å². The van der Waals surface area contributed by atoms with Gasteiger partial charge >= 0.3 is 6.09 Å². The van der Waals surface area contributed by atoms with Crippen molar-refractivity contribution in [3.63, 3.8) is 0 Å². The Hall–Kier alpha value is -1.30. The topological polar surface area (TPSA) is 63.2 Å². The van der Waals surface area contributed by atoms with E-state index in [0.717, 1.165) is 12.4 Å². The van der Waals surface area contributed by atoms with E-state index in [2.05, 4.69) is 10.3 Å². The number of hydrogen-bond donors (Lipinski definition) is 1. The molecule has 2 aliphatic rings. The second-order valence-corrected chi connectivity index (χ2v) is 6.93. The van der Waals surface area contributed by atoms with Gasteiger partial charge in [-0.25, -0.2) is 4.79 Å². The molecule has 6 nitrogen and oxygen atoms in total. The number of rotatable bonds is 4. The summed E-state index contributed by atoms with van der Waals surface area (Å²) in [5, 5.41) is 3.27. The van der Waals surface area contributed by atoms with Crippen LogP contribution in [0.25, 0.3) is 0 Å². The lowest BCUT2D eigenvalue weighted by Crippen LogP contribution is -2.47. The largest absolute Gasteiger partial charge is 0.444 e. The molecule has 1 heterocycles. The van der Waals surface area contributed by atoms with E-state index < -0.39 is 5.60 Å². The lowest BCUT2D eigenvalue weighted by Gasteiger charge is -2.30. The average Bonchev–Trinajstić information content (AvgIpc) is 2.95. The van der Waals surface area contributed by atoms with Crippen molar-refractivity contribution in [3.8, 4) is 0 Å². The Labute approximate surface area is 133 Å². The minimum atomic E-state index is -0.464. The van der Waals surface area contributed by atoms with Crippen molar-refractivity contribution in [3.05, 3.63) is 0 Å². The van der Waals surface area contributed by atoms with Gasteiger partial charge < -0.3 is 14.8 Å². The molecule has 0 aromatic rings. The molecule has 0 spiro atoms. The maximum Gasteiger partial charge on any atom is 0.410 e. The molecule has 1 aliphatic carbocycles. The molecule has 126 valence electrons. The molecule has 1 amide bonds. The van der Waals surface area contributed by atoms with Crippen LogP contribution in [-0.2, 0) is 9.47 Å². The molecule has 22 heavy (non-hydrogen) atoms. The molecular formula is C16H29N3O3. The van der Waals surface area contributed by atoms with Gasteiger partial charge in [-0.2, -0.15) is 0 Å². The minimum absolute atomic E-state index is 0.274. The zero-order valence-electron chi connectivity index (χ0n) is 14.1. The van der Waals surface area contributed by atoms with Gasteiger partial charge in [0.25, 0.3) is 0 Å². The van der Waals surface area contributed by atoms with Crippen LogP contribution >= 0.6 is 0 Å². The summed E-state index contributed by atoms with van der Waals surface area (Å²) in [6, 6.07) is 0. The van der Waals surface area contributed by atoms with E-state index in [9.17, 15) is 4.79 Å². The minimum Gasteiger partial charge on any atom is -0.444 e. The van der Waals surface area contributed by atoms with Crippen molar-refractivity contribution < 1.29 is 14.3 Å². The molecule has 1 fully saturated rings. The van der Waals surface area contributed by atoms with Crippen molar-refractivity contribution >= 4 is 11.9 Å². The first-order chi connectivity index (χ1) is 10.4. The smallest absolute Gasteiger partial charge is 0.410 e. The summed E-state index contributed by atoms with van der Waals surface area (Å²) in [6.07, 6.45) is 5.11. The summed E-state index contributed by atoms with van der Waals surface area (Å²) in [7, 11) is 0. The molecule has 0 radical (unpaired) electrons. The molecular weight excluding hydrogens is 282 g/mol. The predicted octanol–water partition coefficient (Wildman–Crippen LogP) is 2.18. The highest BCUT2D eigenvalue weighted by molar-refractivity contribution is 5.87. The fourth-order valence-corrected chi connectivity index (χ4v) is 2.69. The first-order valence-electron chi connectivity index (χ1n) is 8.31. The Morgan fingerprint density at radius 2 is 2.09 bits per heavy atom. The number of nitrogens with one attached hydrogen (secondary N) is 1. The van der Waals surface area contributed by atoms with Crippen LogP contribution in [0.1, 0.15) is 46.5 Å². The predicted molar refractivity (Wildman–Crippen MR) is 86.3 cm³/mol. The molecule has 1 aliphatic heterocycles. The number of hydrogen-bond acceptors (Lipinski definition) is 5. The number of nitrogens with zero attached hydrogens (tertiary/aromatic N) is 2. The maximum absolute atomic E-state index is 12.1. The van der Waals surface area contributed by atoms with Crippen molar-refractivity contribution in [2.45, 2.75) is 58.2 Å². The van der Waals surface area contributed by atoms with Crippen LogP contribution in [0.3, 0.4) is 0 Å². The third-order valence-electron chi connectivity index (χ3n) is 3.75. The highest BCUT2D eigenvalue weighted by Crippen LogP contribution is 2.20. The molecule has 1 saturated carbocycles. The Balaban J connectivity index is 1.66. The zero-order chi connectivity index (χ0) is 16.0. The number of aliphatic imine (C=N–C) groups is 1. The molecule has 0 saturated heterocycles. The van der Waals surface area contributed by atoms with Gasteiger partial charge in [0.2, 0.25) is 0 Å². The summed E-state index contributed by atoms with van der Waals surface area (Å²) in [4.78, 5) is 18.2. The fraction of sp³-hybridized carbons (Fsp3) is 0.875. The Kier molecular flexibility index (Phi) is 6.06. The van der Waals surface area contributed by atoms with E-state index >= 15 is 0 Å². The maximum atomic E-state index is 12.1. The SMILES string of the molecule is CC(C)(C)OC(=O)N1CCN=C(NCCOC2CCCC2)C1. The lowest BCUT2D eigenvalue weighted by atomic mass is 10.2. The molecule has 6 heteroatoms. The van der Waals surface area contributed by atoms with Gasteiger partial charge in [-0.3, -0.25) is 9.89 Å². The molecule has 2 rings (SSSR count). The molecule has 0 bridgehead atoms. The fourth-order valence-electron chi connectivity index (χ4n) is 2.69. The van der Waals surface area contributed by atoms with E-state index in [1.807, 2.05) is 20.8 Å². The van der Waals surface area contributed by atoms with Gasteiger partial charge in [-0.15, -0.1) is 0 Å². The number of carbonyl (C=O) groups excluding carboxylic acids is 1. The van der Waals surface area contributed by atoms with Crippen molar-refractivity contribution in [1.29, 1.82) is 0 Å². The van der Waals surface area contributed by atoms with E-state index in [-0.39, 0.29) is 6.09 Å². The third-order valence-corrected chi connectivity index (χ3v) is 3.75. The van der Waals surface area contributed by atoms with E-state index in [1.54, 1.807) is 4.90 Å². The summed E-state index contributed by atoms with van der Waals surface area (Å²) in [5.41, 5.74) is -0.464. The van der Waals surface area contributed by atoms with Crippen LogP contribution in [0.5, 0.6) is 0 Å². The Bertz CT molecular complexity index is 398. The Morgan fingerprint density at radius 3 is 2.77 bits per heavy atom. The summed E-state index contributed by atoms with van der Waals surface area (Å²) < 4.78 is 11.2. The number of amides is 1. The second kappa shape index (κ2) is 7.81. The van der Waals surface area contributed by atoms with E-state index in [4.69, 9.17) is 9.47 Å². The van der Waals surface area contributed by atoms with Crippen LogP contribution in [0, 0.1) is 0 Å². The van der Waals surface area contributed by atoms with Crippen LogP contribution in [-0.4, -0.2) is 61.3 Å². The quantitative estimate of drug-likeness (QED) is 0.808. The number of carbonyl (C=O) groups is 1. The summed E-state index contributed by atoms with van der Waals surface area (Å²) in [6.45, 7) is 8.77. The van der Waals surface area contributed by atoms with Crippen molar-refractivity contribution in [2.24, 2.45) is 4.99 Å². The summed E-state index contributed by atoms with van der Waals surface area (Å²) >= 11 is 0. The van der Waals surface area contributed by atoms with Gasteiger partial charge in [-0.1, -0.05) is 12.8 Å². The van der Waals surface area contributed by atoms with Gasteiger partial charge in [0, 0.05) is 13.1 Å². The highest BCUT2D eigenvalue weighted by atomic mass is 16.6. The van der Waals surface area contributed by atoms with Crippen LogP contribution in [0.15, 0.2) is 4.99 Å². The molecule has 0 aromatic heterocycles. The number of ether oxygens (including phenoxy) is 2. The second-order valence-electron chi connectivity index (χ2n) is 6.93. The molecule has 0 atom stereocenters. The van der Waals surface area contributed by atoms with E-state index in [0.29, 0.717) is 32.3 Å². The zero-order valence-corrected chi connectivity index (χ0v) is 14.1. The Morgan fingerprint density at radius 1 is 1.36 bits per heavy atom. The van der Waals surface area contributed by atoms with Gasteiger partial charge in [0.15, 0.2) is 0 Å². The number of amidine groups is 1. The molecule has 1 N–H and O–H groups in total. The van der Waals surface area contributed by atoms with E-state index in [1.165, 1.54) is 25.7 Å². The van der Waals surface area contributed by atoms with Crippen LogP contribution in [0.2, 0.25) is 0 Å². The van der Waals surface area contributed by atoms with Crippen LogP contribution < -0.4 is 5.32 Å². The average molecular weight is 311 g/mol. The highest BCUT2D eigenvalue weighted by Gasteiger charge is 2.24. The first-order valence-corrected chi connectivity index (χ1v) is 8.31. The summed E-state index contributed by atoms with van der Waals surface area (Å²) in [5.74, 6) is 0.840. The van der Waals surface area contributed by atoms with Gasteiger partial charge in [-0.05, 0) is 33.6 Å². The van der Waals surface area contributed by atoms with Crippen molar-refractivity contribution in [1.82, 2.24) is 10.2 Å². The first kappa shape index (κ1) is 17.1. The van der Waals surface area contributed by atoms with Crippen LogP contribution in [0.4, 0.5) is 4.79 Å². The normalized spacial score (nSPS) is 20.0. The van der Waals surface area contributed by atoms with Crippen molar-refractivity contribution in [2.75, 3.05) is 32.8 Å². The lowest BCUT2D eigenvalue weighted by molar-refractivity contribution is 0.0276. The standard InChI is InChI=1S/C16H29N3O3/c1-16(2,3)22-15(20)19-10-8-17-14(12-19)18-9-11-21-13-6-4-5-7-13/h13H,4-12H2,1-3H3,(H,17,18). The van der Waals surface area contributed by atoms with Gasteiger partial charge in [0.05, 0.1) is 25.8 Å². The molecule has 0 unspecified atom stereocenters. The third kappa shape index (κ3) is 5.83.